The van der Waals surface area contributed by atoms with Gasteiger partial charge in [-0.05, 0) is 25.2 Å². The van der Waals surface area contributed by atoms with Crippen LogP contribution in [0.5, 0.6) is 0 Å². The second kappa shape index (κ2) is 12.0. The molecule has 0 bridgehead atoms. The maximum atomic E-state index is 12.9. The summed E-state index contributed by atoms with van der Waals surface area (Å²) in [5.74, 6) is -5.84. The van der Waals surface area contributed by atoms with Crippen LogP contribution in [0.15, 0.2) is 0 Å². The summed E-state index contributed by atoms with van der Waals surface area (Å²) in [6.45, 7) is 3.81. The maximum Gasteiger partial charge on any atom is 0.326 e. The minimum atomic E-state index is -1.66. The van der Waals surface area contributed by atoms with Gasteiger partial charge in [0.05, 0.1) is 18.9 Å². The molecule has 1 aliphatic heterocycles. The zero-order valence-electron chi connectivity index (χ0n) is 18.1. The number of likely N-dealkylation sites (tertiary alicyclic amines) is 1. The van der Waals surface area contributed by atoms with Gasteiger partial charge in [0.25, 0.3) is 0 Å². The van der Waals surface area contributed by atoms with E-state index < -0.39 is 66.2 Å². The lowest BCUT2D eigenvalue weighted by molar-refractivity contribution is -0.147. The van der Waals surface area contributed by atoms with Crippen molar-refractivity contribution in [3.05, 3.63) is 0 Å². The summed E-state index contributed by atoms with van der Waals surface area (Å²) in [6.07, 6.45) is -0.228. The first-order valence-electron chi connectivity index (χ1n) is 10.2. The van der Waals surface area contributed by atoms with E-state index in [0.29, 0.717) is 12.8 Å². The van der Waals surface area contributed by atoms with E-state index in [-0.39, 0.29) is 25.3 Å². The van der Waals surface area contributed by atoms with Crippen LogP contribution < -0.4 is 22.1 Å². The van der Waals surface area contributed by atoms with Gasteiger partial charge in [-0.25, -0.2) is 4.79 Å². The molecule has 4 atom stereocenters. The highest BCUT2D eigenvalue weighted by molar-refractivity contribution is 5.95. The first-order chi connectivity index (χ1) is 14.8. The summed E-state index contributed by atoms with van der Waals surface area (Å²) < 4.78 is 0. The molecule has 1 rings (SSSR count). The molecule has 1 fully saturated rings. The lowest BCUT2D eigenvalue weighted by Crippen LogP contribution is -2.57. The summed E-state index contributed by atoms with van der Waals surface area (Å²) in [5.41, 5.74) is 10.8. The number of primary amides is 1. The van der Waals surface area contributed by atoms with Gasteiger partial charge in [-0.3, -0.25) is 24.0 Å². The Kier molecular flexibility index (Phi) is 10.0. The Morgan fingerprint density at radius 3 is 2.16 bits per heavy atom. The number of carbonyl (C=O) groups excluding carboxylic acids is 4. The van der Waals surface area contributed by atoms with Gasteiger partial charge in [-0.2, -0.15) is 0 Å². The number of rotatable bonds is 12. The first-order valence-corrected chi connectivity index (χ1v) is 10.2. The van der Waals surface area contributed by atoms with Crippen molar-refractivity contribution in [1.82, 2.24) is 15.5 Å². The van der Waals surface area contributed by atoms with Gasteiger partial charge in [-0.15, -0.1) is 0 Å². The fourth-order valence-corrected chi connectivity index (χ4v) is 3.44. The van der Waals surface area contributed by atoms with E-state index >= 15 is 0 Å². The number of carbonyl (C=O) groups is 6. The Morgan fingerprint density at radius 2 is 1.66 bits per heavy atom. The van der Waals surface area contributed by atoms with E-state index in [2.05, 4.69) is 10.6 Å². The van der Waals surface area contributed by atoms with E-state index in [4.69, 9.17) is 21.7 Å². The third kappa shape index (κ3) is 8.13. The van der Waals surface area contributed by atoms with Crippen molar-refractivity contribution in [2.75, 3.05) is 6.54 Å². The monoisotopic (exact) mass is 457 g/mol. The molecule has 1 aliphatic rings. The minimum absolute atomic E-state index is 0.0703. The highest BCUT2D eigenvalue weighted by Gasteiger charge is 2.38. The number of aliphatic carboxylic acids is 2. The van der Waals surface area contributed by atoms with Crippen LogP contribution in [-0.2, 0) is 28.8 Å². The molecule has 0 aromatic rings. The Balaban J connectivity index is 2.93. The third-order valence-corrected chi connectivity index (χ3v) is 4.91. The summed E-state index contributed by atoms with van der Waals surface area (Å²) in [5, 5.41) is 22.7. The van der Waals surface area contributed by atoms with Gasteiger partial charge in [0.15, 0.2) is 0 Å². The molecule has 0 aromatic carbocycles. The molecule has 180 valence electrons. The molecule has 32 heavy (non-hydrogen) atoms. The number of carboxylic acids is 2. The average Bonchev–Trinajstić information content (AvgIpc) is 3.14. The maximum absolute atomic E-state index is 12.9. The topological polar surface area (TPSA) is 222 Å². The minimum Gasteiger partial charge on any atom is -0.481 e. The molecule has 1 saturated heterocycles. The molecule has 0 radical (unpaired) electrons. The van der Waals surface area contributed by atoms with Gasteiger partial charge >= 0.3 is 11.9 Å². The molecule has 0 aliphatic carbocycles. The highest BCUT2D eigenvalue weighted by Crippen LogP contribution is 2.19. The molecular weight excluding hydrogens is 426 g/mol. The summed E-state index contributed by atoms with van der Waals surface area (Å²) in [6, 6.07) is -4.92. The molecule has 13 heteroatoms. The van der Waals surface area contributed by atoms with E-state index in [1.54, 1.807) is 13.8 Å². The molecule has 0 aromatic heterocycles. The SMILES string of the molecule is CC(C)CC(NC(=O)C1CCCN1C(=O)C(N)CC(N)=O)C(=O)NC(CC(=O)O)C(=O)O. The summed E-state index contributed by atoms with van der Waals surface area (Å²) in [7, 11) is 0. The first kappa shape index (κ1) is 26.8. The number of amides is 4. The van der Waals surface area contributed by atoms with Crippen molar-refractivity contribution in [3.63, 3.8) is 0 Å². The molecular formula is C19H31N5O8. The van der Waals surface area contributed by atoms with Gasteiger partial charge in [0, 0.05) is 6.54 Å². The van der Waals surface area contributed by atoms with Crippen molar-refractivity contribution in [2.24, 2.45) is 17.4 Å². The molecule has 0 saturated carbocycles. The van der Waals surface area contributed by atoms with E-state index in [0.717, 1.165) is 0 Å². The van der Waals surface area contributed by atoms with Gasteiger partial charge in [0.1, 0.15) is 18.1 Å². The highest BCUT2D eigenvalue weighted by atomic mass is 16.4. The zero-order valence-corrected chi connectivity index (χ0v) is 18.1. The third-order valence-electron chi connectivity index (χ3n) is 4.91. The number of carboxylic acid groups (broad SMARTS) is 2. The molecule has 8 N–H and O–H groups in total. The van der Waals surface area contributed by atoms with Crippen LogP contribution in [-0.4, -0.2) is 81.4 Å². The van der Waals surface area contributed by atoms with E-state index in [9.17, 15) is 28.8 Å². The Hall–Kier alpha value is -3.22. The molecule has 4 amide bonds. The van der Waals surface area contributed by atoms with Gasteiger partial charge in [-0.1, -0.05) is 13.8 Å². The van der Waals surface area contributed by atoms with Crippen LogP contribution in [0, 0.1) is 5.92 Å². The quantitative estimate of drug-likeness (QED) is 0.186. The summed E-state index contributed by atoms with van der Waals surface area (Å²) in [4.78, 5) is 72.4. The standard InChI is InChI=1S/C19H31N5O8/c1-9(2)6-11(16(28)23-12(19(31)32)8-15(26)27)22-17(29)13-4-3-5-24(13)18(30)10(20)7-14(21)25/h9-13H,3-8,20H2,1-2H3,(H2,21,25)(H,22,29)(H,23,28)(H,26,27)(H,31,32). The van der Waals surface area contributed by atoms with Crippen molar-refractivity contribution in [1.29, 1.82) is 0 Å². The lowest BCUT2D eigenvalue weighted by atomic mass is 10.0. The van der Waals surface area contributed by atoms with Crippen LogP contribution in [0.4, 0.5) is 0 Å². The Morgan fingerprint density at radius 1 is 1.03 bits per heavy atom. The normalized spacial score (nSPS) is 18.5. The fourth-order valence-electron chi connectivity index (χ4n) is 3.44. The summed E-state index contributed by atoms with van der Waals surface area (Å²) >= 11 is 0. The van der Waals surface area contributed by atoms with E-state index in [1.807, 2.05) is 0 Å². The average molecular weight is 457 g/mol. The van der Waals surface area contributed by atoms with Crippen molar-refractivity contribution in [3.8, 4) is 0 Å². The van der Waals surface area contributed by atoms with Crippen molar-refractivity contribution < 1.29 is 39.0 Å². The van der Waals surface area contributed by atoms with E-state index in [1.165, 1.54) is 4.90 Å². The van der Waals surface area contributed by atoms with Gasteiger partial charge in [0.2, 0.25) is 23.6 Å². The number of nitrogens with one attached hydrogen (secondary N) is 2. The lowest BCUT2D eigenvalue weighted by Gasteiger charge is -2.28. The van der Waals surface area contributed by atoms with Crippen molar-refractivity contribution >= 4 is 35.6 Å². The van der Waals surface area contributed by atoms with Crippen LogP contribution >= 0.6 is 0 Å². The fraction of sp³-hybridized carbons (Fsp3) is 0.684. The zero-order chi connectivity index (χ0) is 24.6. The smallest absolute Gasteiger partial charge is 0.326 e. The van der Waals surface area contributed by atoms with Crippen LogP contribution in [0.25, 0.3) is 0 Å². The van der Waals surface area contributed by atoms with Crippen LogP contribution in [0.1, 0.15) is 46.0 Å². The van der Waals surface area contributed by atoms with Gasteiger partial charge < -0.3 is 37.2 Å². The van der Waals surface area contributed by atoms with Crippen LogP contribution in [0.2, 0.25) is 0 Å². The molecule has 4 unspecified atom stereocenters. The second-order valence-electron chi connectivity index (χ2n) is 8.15. The van der Waals surface area contributed by atoms with Crippen LogP contribution in [0.3, 0.4) is 0 Å². The largest absolute Gasteiger partial charge is 0.481 e. The number of nitrogens with two attached hydrogens (primary N) is 2. The molecule has 0 spiro atoms. The van der Waals surface area contributed by atoms with Crippen molar-refractivity contribution in [2.45, 2.75) is 70.1 Å². The Labute approximate surface area is 184 Å². The molecule has 1 heterocycles. The number of hydrogen-bond acceptors (Lipinski definition) is 7. The number of hydrogen-bond donors (Lipinski definition) is 6. The Bertz CT molecular complexity index is 756. The predicted molar refractivity (Wildman–Crippen MR) is 110 cm³/mol. The molecule has 13 nitrogen and oxygen atoms in total. The second-order valence-corrected chi connectivity index (χ2v) is 8.15. The number of nitrogens with zero attached hydrogens (tertiary/aromatic N) is 1. The predicted octanol–water partition coefficient (Wildman–Crippen LogP) is -2.24.